The Hall–Kier alpha value is -5.24. The average Bonchev–Trinajstić information content (AvgIpc) is 3.44. The number of nitrogens with one attached hydrogen (secondary N) is 1. The number of carbonyl (C=O) groups is 4. The number of alkyl halides is 1. The SMILES string of the molecule is Cc1cc(OCCCCCCC2(C(=O)O)C(COCCN3C(=O)c4ccccc4C3=O)NC(CF)C(C)(C(=O)O)C2c2ccccc2Cl)nc(-c2ccccc2)n1. The van der Waals surface area contributed by atoms with Crippen molar-refractivity contribution in [3.8, 4) is 17.3 Å². The van der Waals surface area contributed by atoms with E-state index in [0.29, 0.717) is 44.0 Å². The number of benzene rings is 3. The summed E-state index contributed by atoms with van der Waals surface area (Å²) in [6, 6.07) is 21.9. The number of halogens is 2. The van der Waals surface area contributed by atoms with E-state index in [1.165, 1.54) is 6.92 Å². The smallest absolute Gasteiger partial charge is 0.311 e. The zero-order valence-corrected chi connectivity index (χ0v) is 32.6. The number of aliphatic carboxylic acids is 2. The maximum atomic E-state index is 15.0. The molecule has 14 heteroatoms. The molecule has 2 aliphatic heterocycles. The fraction of sp³-hybridized carbons (Fsp3) is 0.395. The summed E-state index contributed by atoms with van der Waals surface area (Å²) >= 11 is 6.73. The molecule has 1 aromatic heterocycles. The second-order valence-electron chi connectivity index (χ2n) is 14.7. The van der Waals surface area contributed by atoms with Gasteiger partial charge < -0.3 is 25.0 Å². The Kier molecular flexibility index (Phi) is 13.0. The number of nitrogens with zero attached hydrogens (tertiary/aromatic N) is 3. The largest absolute Gasteiger partial charge is 0.481 e. The zero-order chi connectivity index (χ0) is 40.7. The van der Waals surface area contributed by atoms with Crippen LogP contribution in [0.2, 0.25) is 5.02 Å². The lowest BCUT2D eigenvalue weighted by atomic mass is 9.50. The van der Waals surface area contributed by atoms with E-state index in [0.717, 1.165) is 16.2 Å². The maximum Gasteiger partial charge on any atom is 0.311 e. The number of hydrogen-bond donors (Lipinski definition) is 3. The fourth-order valence-electron chi connectivity index (χ4n) is 8.36. The number of fused-ring (bicyclic) bond motifs is 1. The van der Waals surface area contributed by atoms with Crippen molar-refractivity contribution in [2.45, 2.75) is 64.0 Å². The van der Waals surface area contributed by atoms with Crippen molar-refractivity contribution in [2.24, 2.45) is 10.8 Å². The van der Waals surface area contributed by atoms with Crippen LogP contribution >= 0.6 is 11.6 Å². The summed E-state index contributed by atoms with van der Waals surface area (Å²) in [5.41, 5.74) is -1.30. The van der Waals surface area contributed by atoms with Crippen LogP contribution in [-0.4, -0.2) is 94.0 Å². The van der Waals surface area contributed by atoms with Gasteiger partial charge in [-0.3, -0.25) is 24.1 Å². The molecule has 5 unspecified atom stereocenters. The molecule has 0 radical (unpaired) electrons. The Balaban J connectivity index is 1.19. The number of carboxylic acids is 2. The van der Waals surface area contributed by atoms with Crippen molar-refractivity contribution >= 4 is 35.4 Å². The number of amides is 2. The molecule has 2 amide bonds. The molecule has 1 saturated heterocycles. The molecule has 4 aromatic rings. The van der Waals surface area contributed by atoms with E-state index in [9.17, 15) is 33.8 Å². The summed E-state index contributed by atoms with van der Waals surface area (Å²) in [6.07, 6.45) is 2.26. The molecule has 0 aliphatic carbocycles. The minimum Gasteiger partial charge on any atom is -0.481 e. The van der Waals surface area contributed by atoms with Crippen LogP contribution < -0.4 is 10.1 Å². The first kappa shape index (κ1) is 41.4. The van der Waals surface area contributed by atoms with E-state index in [4.69, 9.17) is 21.1 Å². The number of piperidine rings is 1. The van der Waals surface area contributed by atoms with Gasteiger partial charge in [0.2, 0.25) is 5.88 Å². The van der Waals surface area contributed by atoms with Crippen LogP contribution in [0.15, 0.2) is 84.9 Å². The molecule has 0 saturated carbocycles. The molecule has 1 fully saturated rings. The number of ether oxygens (including phenoxy) is 2. The Bertz CT molecular complexity index is 2070. The standard InChI is InChI=1S/C43H46ClFN4O8/c1-27-24-35(48-37(46-27)28-14-6-5-7-15-28)57-22-13-4-3-12-20-43(41(54)55)34(26-56-23-21-49-38(50)29-16-8-9-17-30(29)39(49)51)47-33(25-45)42(2,40(52)53)36(43)31-18-10-11-19-32(31)44/h5-11,14-19,24,33-34,36,47H,3-4,12-13,20-23,25-26H2,1-2H3,(H,52,53)(H,54,55). The highest BCUT2D eigenvalue weighted by molar-refractivity contribution is 6.31. The fourth-order valence-corrected chi connectivity index (χ4v) is 8.61. The number of unbranched alkanes of at least 4 members (excludes halogenated alkanes) is 3. The topological polar surface area (TPSA) is 168 Å². The minimum absolute atomic E-state index is 0.00588. The molecule has 3 heterocycles. The first-order valence-corrected chi connectivity index (χ1v) is 19.4. The van der Waals surface area contributed by atoms with E-state index < -0.39 is 59.3 Å². The van der Waals surface area contributed by atoms with E-state index in [2.05, 4.69) is 15.3 Å². The molecule has 3 aromatic carbocycles. The summed E-state index contributed by atoms with van der Waals surface area (Å²) in [5, 5.41) is 25.3. The van der Waals surface area contributed by atoms with Gasteiger partial charge in [-0.25, -0.2) is 9.37 Å². The molecule has 57 heavy (non-hydrogen) atoms. The van der Waals surface area contributed by atoms with Crippen LogP contribution in [0.5, 0.6) is 5.88 Å². The first-order chi connectivity index (χ1) is 27.4. The van der Waals surface area contributed by atoms with Crippen LogP contribution in [0, 0.1) is 17.8 Å². The highest BCUT2D eigenvalue weighted by Crippen LogP contribution is 2.58. The molecule has 0 bridgehead atoms. The highest BCUT2D eigenvalue weighted by atomic mass is 35.5. The van der Waals surface area contributed by atoms with Crippen LogP contribution in [0.1, 0.15) is 76.9 Å². The van der Waals surface area contributed by atoms with E-state index in [-0.39, 0.29) is 47.9 Å². The van der Waals surface area contributed by atoms with Gasteiger partial charge in [0.05, 0.1) is 54.4 Å². The van der Waals surface area contributed by atoms with Crippen LogP contribution in [0.4, 0.5) is 4.39 Å². The van der Waals surface area contributed by atoms with E-state index >= 15 is 0 Å². The van der Waals surface area contributed by atoms with Crippen LogP contribution in [0.25, 0.3) is 11.4 Å². The number of imide groups is 1. The van der Waals surface area contributed by atoms with Crippen molar-refractivity contribution in [2.75, 3.05) is 33.0 Å². The van der Waals surface area contributed by atoms with Gasteiger partial charge in [0.1, 0.15) is 6.67 Å². The van der Waals surface area contributed by atoms with Crippen molar-refractivity contribution in [3.05, 3.63) is 112 Å². The second kappa shape index (κ2) is 17.9. The van der Waals surface area contributed by atoms with Gasteiger partial charge in [-0.15, -0.1) is 0 Å². The minimum atomic E-state index is -1.95. The Morgan fingerprint density at radius 2 is 1.51 bits per heavy atom. The van der Waals surface area contributed by atoms with E-state index in [1.807, 2.05) is 37.3 Å². The van der Waals surface area contributed by atoms with Gasteiger partial charge in [0, 0.05) is 34.3 Å². The molecule has 0 spiro atoms. The third-order valence-corrected chi connectivity index (χ3v) is 11.7. The van der Waals surface area contributed by atoms with Gasteiger partial charge in [-0.05, 0) is 50.5 Å². The number of hydrogen-bond acceptors (Lipinski definition) is 9. The van der Waals surface area contributed by atoms with Gasteiger partial charge in [0.25, 0.3) is 11.8 Å². The molecule has 2 aliphatic rings. The van der Waals surface area contributed by atoms with E-state index in [1.54, 1.807) is 54.6 Å². The lowest BCUT2D eigenvalue weighted by Crippen LogP contribution is -2.72. The molecular weight excluding hydrogens is 755 g/mol. The lowest BCUT2D eigenvalue weighted by molar-refractivity contribution is -0.176. The van der Waals surface area contributed by atoms with Crippen molar-refractivity contribution in [1.82, 2.24) is 20.2 Å². The number of carboxylic acid groups (broad SMARTS) is 2. The van der Waals surface area contributed by atoms with Crippen LogP contribution in [0.3, 0.4) is 0 Å². The first-order valence-electron chi connectivity index (χ1n) is 19.0. The monoisotopic (exact) mass is 800 g/mol. The summed E-state index contributed by atoms with van der Waals surface area (Å²) < 4.78 is 27.0. The zero-order valence-electron chi connectivity index (χ0n) is 31.8. The van der Waals surface area contributed by atoms with Gasteiger partial charge in [-0.1, -0.05) is 91.5 Å². The molecule has 300 valence electrons. The summed E-state index contributed by atoms with van der Waals surface area (Å²) in [6.45, 7) is 1.98. The summed E-state index contributed by atoms with van der Waals surface area (Å²) in [4.78, 5) is 63.1. The number of carbonyl (C=O) groups excluding carboxylic acids is 2. The Morgan fingerprint density at radius 3 is 2.16 bits per heavy atom. The Morgan fingerprint density at radius 1 is 0.860 bits per heavy atom. The number of aromatic nitrogens is 2. The van der Waals surface area contributed by atoms with Gasteiger partial charge in [-0.2, -0.15) is 4.98 Å². The summed E-state index contributed by atoms with van der Waals surface area (Å²) in [7, 11) is 0. The average molecular weight is 801 g/mol. The predicted molar refractivity (Wildman–Crippen MR) is 210 cm³/mol. The third-order valence-electron chi connectivity index (χ3n) is 11.3. The molecule has 5 atom stereocenters. The predicted octanol–water partition coefficient (Wildman–Crippen LogP) is 7.00. The lowest BCUT2D eigenvalue weighted by Gasteiger charge is -2.57. The normalized spacial score (nSPS) is 23.0. The van der Waals surface area contributed by atoms with Crippen molar-refractivity contribution < 1.29 is 43.3 Å². The van der Waals surface area contributed by atoms with Crippen molar-refractivity contribution in [3.63, 3.8) is 0 Å². The van der Waals surface area contributed by atoms with Crippen LogP contribution in [-0.2, 0) is 14.3 Å². The van der Waals surface area contributed by atoms with Gasteiger partial charge in [0.15, 0.2) is 5.82 Å². The number of aryl methyl sites for hydroxylation is 1. The number of rotatable bonds is 18. The Labute approximate surface area is 335 Å². The maximum absolute atomic E-state index is 15.0. The van der Waals surface area contributed by atoms with Gasteiger partial charge >= 0.3 is 11.9 Å². The highest BCUT2D eigenvalue weighted by Gasteiger charge is 2.67. The van der Waals surface area contributed by atoms with Crippen molar-refractivity contribution in [1.29, 1.82) is 0 Å². The molecular formula is C43H46ClFN4O8. The quantitative estimate of drug-likeness (QED) is 0.0700. The third kappa shape index (κ3) is 8.28. The molecule has 12 nitrogen and oxygen atoms in total. The molecule has 3 N–H and O–H groups in total. The second-order valence-corrected chi connectivity index (χ2v) is 15.2. The summed E-state index contributed by atoms with van der Waals surface area (Å²) in [5.74, 6) is -3.85. The molecule has 6 rings (SSSR count).